The van der Waals surface area contributed by atoms with E-state index in [4.69, 9.17) is 9.84 Å². The number of methoxy groups -OCH3 is 1. The first-order valence-corrected chi connectivity index (χ1v) is 5.41. The quantitative estimate of drug-likeness (QED) is 0.586. The molecular formula is C13H15NO4. The number of nitrogens with one attached hydrogen (secondary N) is 1. The van der Waals surface area contributed by atoms with Crippen LogP contribution < -0.4 is 5.32 Å². The molecule has 1 amide bonds. The summed E-state index contributed by atoms with van der Waals surface area (Å²) in [5.74, 6) is -1.18. The first kappa shape index (κ1) is 13.9. The summed E-state index contributed by atoms with van der Waals surface area (Å²) < 4.78 is 4.82. The molecule has 0 fully saturated rings. The number of ether oxygens (including phenoxy) is 1. The lowest BCUT2D eigenvalue weighted by molar-refractivity contribution is -0.131. The highest BCUT2D eigenvalue weighted by atomic mass is 16.5. The van der Waals surface area contributed by atoms with Gasteiger partial charge in [0.05, 0.1) is 6.61 Å². The van der Waals surface area contributed by atoms with Gasteiger partial charge < -0.3 is 15.2 Å². The zero-order valence-electron chi connectivity index (χ0n) is 10.1. The summed E-state index contributed by atoms with van der Waals surface area (Å²) in [5, 5.41) is 11.2. The second-order valence-corrected chi connectivity index (χ2v) is 3.54. The average Bonchev–Trinajstić information content (AvgIpc) is 2.37. The van der Waals surface area contributed by atoms with Crippen LogP contribution in [0, 0.1) is 0 Å². The number of aliphatic carboxylic acids is 1. The van der Waals surface area contributed by atoms with Gasteiger partial charge >= 0.3 is 5.97 Å². The van der Waals surface area contributed by atoms with E-state index in [9.17, 15) is 9.59 Å². The van der Waals surface area contributed by atoms with E-state index in [0.717, 1.165) is 11.6 Å². The Hall–Kier alpha value is -2.14. The van der Waals surface area contributed by atoms with Crippen LogP contribution in [0.25, 0.3) is 6.08 Å². The number of carboxylic acids is 1. The number of rotatable bonds is 6. The maximum absolute atomic E-state index is 11.6. The van der Waals surface area contributed by atoms with Gasteiger partial charge in [0.25, 0.3) is 5.91 Å². The van der Waals surface area contributed by atoms with Gasteiger partial charge in [0.15, 0.2) is 0 Å². The highest BCUT2D eigenvalue weighted by Gasteiger charge is 2.03. The zero-order valence-corrected chi connectivity index (χ0v) is 10.1. The number of carboxylic acid groups (broad SMARTS) is 1. The second-order valence-electron chi connectivity index (χ2n) is 3.54. The van der Waals surface area contributed by atoms with Crippen molar-refractivity contribution in [3.63, 3.8) is 0 Å². The molecule has 96 valence electrons. The molecule has 0 aliphatic rings. The predicted octanol–water partition coefficient (Wildman–Crippen LogP) is 1.16. The molecule has 0 saturated heterocycles. The Morgan fingerprint density at radius 2 is 2.00 bits per heavy atom. The van der Waals surface area contributed by atoms with E-state index in [2.05, 4.69) is 5.32 Å². The van der Waals surface area contributed by atoms with Gasteiger partial charge in [-0.25, -0.2) is 4.79 Å². The van der Waals surface area contributed by atoms with Gasteiger partial charge in [-0.2, -0.15) is 0 Å². The first-order chi connectivity index (χ1) is 8.63. The fourth-order valence-corrected chi connectivity index (χ4v) is 1.28. The van der Waals surface area contributed by atoms with Crippen LogP contribution in [0.4, 0.5) is 0 Å². The number of amides is 1. The van der Waals surface area contributed by atoms with Crippen molar-refractivity contribution in [3.05, 3.63) is 41.5 Å². The molecule has 5 heteroatoms. The number of benzene rings is 1. The maximum Gasteiger partial charge on any atom is 0.328 e. The van der Waals surface area contributed by atoms with Crippen LogP contribution in [-0.2, 0) is 9.53 Å². The molecule has 1 rings (SSSR count). The van der Waals surface area contributed by atoms with Gasteiger partial charge in [-0.3, -0.25) is 4.79 Å². The van der Waals surface area contributed by atoms with E-state index >= 15 is 0 Å². The third kappa shape index (κ3) is 4.80. The van der Waals surface area contributed by atoms with E-state index in [1.807, 2.05) is 0 Å². The predicted molar refractivity (Wildman–Crippen MR) is 67.3 cm³/mol. The van der Waals surface area contributed by atoms with Crippen molar-refractivity contribution in [2.45, 2.75) is 0 Å². The minimum atomic E-state index is -1.00. The number of carbonyl (C=O) groups is 2. The lowest BCUT2D eigenvalue weighted by Crippen LogP contribution is -2.26. The van der Waals surface area contributed by atoms with E-state index < -0.39 is 5.97 Å². The molecule has 0 aromatic heterocycles. The van der Waals surface area contributed by atoms with Gasteiger partial charge in [0, 0.05) is 25.3 Å². The van der Waals surface area contributed by atoms with Crippen LogP contribution in [0.3, 0.4) is 0 Å². The molecule has 0 radical (unpaired) electrons. The Balaban J connectivity index is 2.59. The molecule has 5 nitrogen and oxygen atoms in total. The van der Waals surface area contributed by atoms with E-state index in [0.29, 0.717) is 18.7 Å². The van der Waals surface area contributed by atoms with Crippen molar-refractivity contribution < 1.29 is 19.4 Å². The molecule has 0 heterocycles. The highest BCUT2D eigenvalue weighted by Crippen LogP contribution is 2.06. The molecular weight excluding hydrogens is 234 g/mol. The summed E-state index contributed by atoms with van der Waals surface area (Å²) in [6.07, 6.45) is 2.52. The second kappa shape index (κ2) is 7.24. The van der Waals surface area contributed by atoms with E-state index in [1.165, 1.54) is 6.08 Å². The van der Waals surface area contributed by atoms with Gasteiger partial charge in [0.2, 0.25) is 0 Å². The maximum atomic E-state index is 11.6. The largest absolute Gasteiger partial charge is 0.478 e. The third-order valence-corrected chi connectivity index (χ3v) is 2.18. The molecule has 18 heavy (non-hydrogen) atoms. The summed E-state index contributed by atoms with van der Waals surface area (Å²) in [6.45, 7) is 0.918. The van der Waals surface area contributed by atoms with Crippen LogP contribution in [-0.4, -0.2) is 37.2 Å². The molecule has 0 saturated carbocycles. The normalized spacial score (nSPS) is 10.5. The molecule has 0 aliphatic carbocycles. The van der Waals surface area contributed by atoms with Crippen molar-refractivity contribution in [3.8, 4) is 0 Å². The van der Waals surface area contributed by atoms with Gasteiger partial charge in [-0.15, -0.1) is 0 Å². The standard InChI is InChI=1S/C13H15NO4/c1-18-9-8-14-13(17)11-5-2-10(3-6-11)4-7-12(15)16/h2-7H,8-9H2,1H3,(H,14,17)(H,15,16)/b7-4+. The van der Waals surface area contributed by atoms with Crippen molar-refractivity contribution in [2.75, 3.05) is 20.3 Å². The summed E-state index contributed by atoms with van der Waals surface area (Å²) in [5.41, 5.74) is 1.25. The Kier molecular flexibility index (Phi) is 5.60. The lowest BCUT2D eigenvalue weighted by Gasteiger charge is -2.04. The van der Waals surface area contributed by atoms with E-state index in [-0.39, 0.29) is 5.91 Å². The summed E-state index contributed by atoms with van der Waals surface area (Å²) in [6, 6.07) is 6.66. The number of hydrogen-bond acceptors (Lipinski definition) is 3. The summed E-state index contributed by atoms with van der Waals surface area (Å²) in [4.78, 5) is 21.9. The van der Waals surface area contributed by atoms with Crippen LogP contribution in [0.2, 0.25) is 0 Å². The van der Waals surface area contributed by atoms with Crippen molar-refractivity contribution in [1.82, 2.24) is 5.32 Å². The SMILES string of the molecule is COCCNC(=O)c1ccc(/C=C/C(=O)O)cc1. The Morgan fingerprint density at radius 1 is 1.33 bits per heavy atom. The number of carbonyl (C=O) groups excluding carboxylic acids is 1. The summed E-state index contributed by atoms with van der Waals surface area (Å²) >= 11 is 0. The topological polar surface area (TPSA) is 75.6 Å². The first-order valence-electron chi connectivity index (χ1n) is 5.41. The highest BCUT2D eigenvalue weighted by molar-refractivity contribution is 5.94. The number of hydrogen-bond donors (Lipinski definition) is 2. The lowest BCUT2D eigenvalue weighted by atomic mass is 10.1. The Labute approximate surface area is 105 Å². The molecule has 0 unspecified atom stereocenters. The molecule has 0 atom stereocenters. The third-order valence-electron chi connectivity index (χ3n) is 2.18. The van der Waals surface area contributed by atoms with Crippen LogP contribution in [0.1, 0.15) is 15.9 Å². The molecule has 0 aliphatic heterocycles. The van der Waals surface area contributed by atoms with Crippen LogP contribution in [0.5, 0.6) is 0 Å². The Bertz CT molecular complexity index is 437. The van der Waals surface area contributed by atoms with Crippen molar-refractivity contribution in [1.29, 1.82) is 0 Å². The van der Waals surface area contributed by atoms with Gasteiger partial charge in [-0.05, 0) is 23.8 Å². The fourth-order valence-electron chi connectivity index (χ4n) is 1.28. The zero-order chi connectivity index (χ0) is 13.4. The Morgan fingerprint density at radius 3 is 2.56 bits per heavy atom. The monoisotopic (exact) mass is 249 g/mol. The van der Waals surface area contributed by atoms with E-state index in [1.54, 1.807) is 31.4 Å². The minimum absolute atomic E-state index is 0.180. The van der Waals surface area contributed by atoms with Crippen LogP contribution >= 0.6 is 0 Å². The smallest absolute Gasteiger partial charge is 0.328 e. The van der Waals surface area contributed by atoms with Gasteiger partial charge in [0.1, 0.15) is 0 Å². The minimum Gasteiger partial charge on any atom is -0.478 e. The molecule has 2 N–H and O–H groups in total. The average molecular weight is 249 g/mol. The van der Waals surface area contributed by atoms with Crippen molar-refractivity contribution >= 4 is 18.0 Å². The molecule has 0 bridgehead atoms. The van der Waals surface area contributed by atoms with Crippen LogP contribution in [0.15, 0.2) is 30.3 Å². The molecule has 1 aromatic carbocycles. The van der Waals surface area contributed by atoms with Gasteiger partial charge in [-0.1, -0.05) is 12.1 Å². The molecule has 1 aromatic rings. The summed E-state index contributed by atoms with van der Waals surface area (Å²) in [7, 11) is 1.57. The fraction of sp³-hybridized carbons (Fsp3) is 0.231. The van der Waals surface area contributed by atoms with Crippen molar-refractivity contribution in [2.24, 2.45) is 0 Å². The molecule has 0 spiro atoms.